The second kappa shape index (κ2) is 3.44. The summed E-state index contributed by atoms with van der Waals surface area (Å²) in [6, 6.07) is 0. The molecule has 0 aliphatic heterocycles. The van der Waals surface area contributed by atoms with Gasteiger partial charge in [-0.2, -0.15) is 26.3 Å². The lowest BCUT2D eigenvalue weighted by atomic mass is 10.1. The van der Waals surface area contributed by atoms with Gasteiger partial charge < -0.3 is 0 Å². The molecule has 0 amide bonds. The van der Waals surface area contributed by atoms with E-state index in [2.05, 4.69) is 11.6 Å². The van der Waals surface area contributed by atoms with Crippen molar-refractivity contribution in [2.45, 2.75) is 15.8 Å². The van der Waals surface area contributed by atoms with Crippen molar-refractivity contribution in [3.8, 4) is 0 Å². The van der Waals surface area contributed by atoms with Gasteiger partial charge in [0.05, 0.1) is 0 Å². The van der Waals surface area contributed by atoms with E-state index >= 15 is 0 Å². The Morgan fingerprint density at radius 3 is 1.23 bits per heavy atom. The largest absolute Gasteiger partial charge is 0.420 e. The van der Waals surface area contributed by atoms with Crippen LogP contribution < -0.4 is 0 Å². The predicted octanol–water partition coefficient (Wildman–Crippen LogP) is 3.05. The molecule has 1 nitrogen and oxygen atoms in total. The maximum Gasteiger partial charge on any atom is 0.420 e. The van der Waals surface area contributed by atoms with Crippen LogP contribution in [-0.4, -0.2) is 21.0 Å². The molecule has 0 aliphatic carbocycles. The Labute approximate surface area is 86.6 Å². The fourth-order valence-electron chi connectivity index (χ4n) is 0.384. The quantitative estimate of drug-likeness (QED) is 0.310. The molecule has 0 aromatic carbocycles. The standard InChI is InChI=1S/C4ClF6IO/c5-1(13)2(12,3(6,7)8)4(9,10)11. The van der Waals surface area contributed by atoms with E-state index in [-0.39, 0.29) is 22.6 Å². The number of alkyl halides is 7. The van der Waals surface area contributed by atoms with Gasteiger partial charge in [-0.05, 0) is 34.2 Å². The van der Waals surface area contributed by atoms with E-state index in [9.17, 15) is 31.1 Å². The first-order chi connectivity index (χ1) is 5.44. The van der Waals surface area contributed by atoms with Crippen LogP contribution >= 0.6 is 34.2 Å². The highest BCUT2D eigenvalue weighted by atomic mass is 127. The fraction of sp³-hybridized carbons (Fsp3) is 0.750. The lowest BCUT2D eigenvalue weighted by Crippen LogP contribution is -2.55. The SMILES string of the molecule is O=C(Cl)C(I)(C(F)(F)F)C(F)(F)F. The van der Waals surface area contributed by atoms with Crippen molar-refractivity contribution in [3.05, 3.63) is 0 Å². The number of halogens is 8. The molecular formula is C4ClF6IO. The van der Waals surface area contributed by atoms with Gasteiger partial charge in [-0.15, -0.1) is 0 Å². The van der Waals surface area contributed by atoms with Crippen LogP contribution in [0.2, 0.25) is 0 Å². The number of carbonyl (C=O) groups excluding carboxylic acids is 1. The first-order valence-electron chi connectivity index (χ1n) is 2.47. The molecule has 0 unspecified atom stereocenters. The third-order valence-electron chi connectivity index (χ3n) is 1.05. The Morgan fingerprint density at radius 2 is 1.23 bits per heavy atom. The van der Waals surface area contributed by atoms with Crippen molar-refractivity contribution in [1.82, 2.24) is 0 Å². The molecular weight excluding hydrogens is 340 g/mol. The summed E-state index contributed by atoms with van der Waals surface area (Å²) in [7, 11) is 0. The molecule has 0 heterocycles. The average molecular weight is 340 g/mol. The van der Waals surface area contributed by atoms with Crippen LogP contribution in [0.1, 0.15) is 0 Å². The summed E-state index contributed by atoms with van der Waals surface area (Å²) in [5.41, 5.74) is 0. The highest BCUT2D eigenvalue weighted by Crippen LogP contribution is 2.50. The lowest BCUT2D eigenvalue weighted by molar-refractivity contribution is -0.247. The highest BCUT2D eigenvalue weighted by molar-refractivity contribution is 14.1. The maximum atomic E-state index is 11.8. The molecule has 0 saturated carbocycles. The van der Waals surface area contributed by atoms with Gasteiger partial charge in [-0.1, -0.05) is 0 Å². The van der Waals surface area contributed by atoms with Gasteiger partial charge in [-0.25, -0.2) is 0 Å². The summed E-state index contributed by atoms with van der Waals surface area (Å²) < 4.78 is 66.4. The average Bonchev–Trinajstić information content (AvgIpc) is 1.80. The summed E-state index contributed by atoms with van der Waals surface area (Å²) in [4.78, 5) is 10.1. The third-order valence-corrected chi connectivity index (χ3v) is 3.37. The number of hydrogen-bond acceptors (Lipinski definition) is 1. The Hall–Kier alpha value is 0.270. The molecule has 0 fully saturated rings. The molecule has 0 atom stereocenters. The van der Waals surface area contributed by atoms with Crippen molar-refractivity contribution in [2.24, 2.45) is 0 Å². The zero-order chi connectivity index (χ0) is 11.1. The van der Waals surface area contributed by atoms with Crippen LogP contribution in [0.15, 0.2) is 0 Å². The molecule has 0 aromatic rings. The van der Waals surface area contributed by atoms with E-state index in [1.807, 2.05) is 0 Å². The minimum absolute atomic E-state index is 0.0532. The molecule has 78 valence electrons. The van der Waals surface area contributed by atoms with Gasteiger partial charge >= 0.3 is 12.4 Å². The van der Waals surface area contributed by atoms with E-state index in [1.54, 1.807) is 0 Å². The Bertz CT molecular complexity index is 206. The predicted molar refractivity (Wildman–Crippen MR) is 39.7 cm³/mol. The molecule has 0 radical (unpaired) electrons. The van der Waals surface area contributed by atoms with Crippen molar-refractivity contribution in [1.29, 1.82) is 0 Å². The monoisotopic (exact) mass is 340 g/mol. The summed E-state index contributed by atoms with van der Waals surface area (Å²) in [6.45, 7) is 0. The summed E-state index contributed by atoms with van der Waals surface area (Å²) in [6.07, 6.45) is -11.5. The second-order valence-corrected chi connectivity index (χ2v) is 3.89. The first kappa shape index (κ1) is 13.3. The summed E-state index contributed by atoms with van der Waals surface area (Å²) >= 11 is 4.21. The molecule has 0 spiro atoms. The van der Waals surface area contributed by atoms with Gasteiger partial charge in [0.2, 0.25) is 0 Å². The van der Waals surface area contributed by atoms with Crippen molar-refractivity contribution >= 4 is 39.4 Å². The zero-order valence-corrected chi connectivity index (χ0v) is 8.35. The lowest BCUT2D eigenvalue weighted by Gasteiger charge is -2.28. The van der Waals surface area contributed by atoms with Crippen molar-refractivity contribution in [3.63, 3.8) is 0 Å². The molecule has 0 aliphatic rings. The van der Waals surface area contributed by atoms with Crippen molar-refractivity contribution < 1.29 is 31.1 Å². The number of carbonyl (C=O) groups is 1. The van der Waals surface area contributed by atoms with Crippen LogP contribution in [0.4, 0.5) is 26.3 Å². The van der Waals surface area contributed by atoms with Crippen LogP contribution in [0.3, 0.4) is 0 Å². The summed E-state index contributed by atoms with van der Waals surface area (Å²) in [5, 5.41) is -2.51. The van der Waals surface area contributed by atoms with Crippen LogP contribution in [0.25, 0.3) is 0 Å². The molecule has 0 aromatic heterocycles. The normalized spacial score (nSPS) is 14.5. The minimum atomic E-state index is -5.76. The van der Waals surface area contributed by atoms with E-state index in [1.165, 1.54) is 0 Å². The number of hydrogen-bond donors (Lipinski definition) is 0. The molecule has 0 saturated heterocycles. The van der Waals surface area contributed by atoms with Crippen LogP contribution in [-0.2, 0) is 4.79 Å². The minimum Gasteiger partial charge on any atom is -0.279 e. The molecule has 0 bridgehead atoms. The smallest absolute Gasteiger partial charge is 0.279 e. The topological polar surface area (TPSA) is 17.1 Å². The van der Waals surface area contributed by atoms with E-state index in [0.29, 0.717) is 0 Å². The maximum absolute atomic E-state index is 11.8. The van der Waals surface area contributed by atoms with Gasteiger partial charge in [0.15, 0.2) is 0 Å². The summed E-state index contributed by atoms with van der Waals surface area (Å²) in [5.74, 6) is 0. The second-order valence-electron chi connectivity index (χ2n) is 1.93. The van der Waals surface area contributed by atoms with E-state index < -0.39 is 21.0 Å². The van der Waals surface area contributed by atoms with Crippen molar-refractivity contribution in [2.75, 3.05) is 0 Å². The molecule has 13 heavy (non-hydrogen) atoms. The first-order valence-corrected chi connectivity index (χ1v) is 3.92. The molecule has 0 rings (SSSR count). The highest BCUT2D eigenvalue weighted by Gasteiger charge is 2.73. The fourth-order valence-corrected chi connectivity index (χ4v) is 0.598. The van der Waals surface area contributed by atoms with Gasteiger partial charge in [0.1, 0.15) is 0 Å². The third kappa shape index (κ3) is 2.20. The van der Waals surface area contributed by atoms with Crippen LogP contribution in [0, 0.1) is 0 Å². The Kier molecular flexibility index (Phi) is 3.52. The Balaban J connectivity index is 5.35. The zero-order valence-electron chi connectivity index (χ0n) is 5.43. The Morgan fingerprint density at radius 1 is 1.00 bits per heavy atom. The van der Waals surface area contributed by atoms with Gasteiger partial charge in [0, 0.05) is 0 Å². The van der Waals surface area contributed by atoms with E-state index in [4.69, 9.17) is 0 Å². The van der Waals surface area contributed by atoms with E-state index in [0.717, 1.165) is 0 Å². The number of rotatable bonds is 1. The van der Waals surface area contributed by atoms with Gasteiger partial charge in [0.25, 0.3) is 8.66 Å². The van der Waals surface area contributed by atoms with Crippen LogP contribution in [0.5, 0.6) is 0 Å². The van der Waals surface area contributed by atoms with Gasteiger partial charge in [-0.3, -0.25) is 4.79 Å². The molecule has 9 heteroatoms. The molecule has 0 N–H and O–H groups in total.